The maximum Gasteiger partial charge on any atom is 0.350 e. The summed E-state index contributed by atoms with van der Waals surface area (Å²) in [5, 5.41) is 0. The van der Waals surface area contributed by atoms with Gasteiger partial charge in [0.05, 0.1) is 35.5 Å². The van der Waals surface area contributed by atoms with Crippen LogP contribution in [0.1, 0.15) is 104 Å². The zero-order chi connectivity index (χ0) is 26.1. The highest BCUT2D eigenvalue weighted by Crippen LogP contribution is 2.46. The van der Waals surface area contributed by atoms with Crippen LogP contribution in [-0.4, -0.2) is 61.2 Å². The summed E-state index contributed by atoms with van der Waals surface area (Å²) < 4.78 is 40.7. The SMILES string of the molecule is CC(C)[Si]1(COC(C)(C)C)O[Si](COC(C)(C)C)(C(C)C)O[Si](COC(C)(C)C)(C(C)C)O1. The lowest BCUT2D eigenvalue weighted by Crippen LogP contribution is -2.77. The first-order chi connectivity index (χ1) is 14.6. The van der Waals surface area contributed by atoms with Crippen LogP contribution >= 0.6 is 0 Å². The Bertz CT molecular complexity index is 526. The third kappa shape index (κ3) is 9.09. The van der Waals surface area contributed by atoms with Gasteiger partial charge in [0, 0.05) is 0 Å². The molecule has 0 aliphatic carbocycles. The van der Waals surface area contributed by atoms with Gasteiger partial charge in [-0.15, -0.1) is 0 Å². The van der Waals surface area contributed by atoms with E-state index in [2.05, 4.69) is 104 Å². The van der Waals surface area contributed by atoms with Crippen LogP contribution in [0.5, 0.6) is 0 Å². The van der Waals surface area contributed by atoms with Crippen molar-refractivity contribution in [1.29, 1.82) is 0 Å². The molecule has 1 heterocycles. The zero-order valence-electron chi connectivity index (χ0n) is 24.3. The molecule has 0 atom stereocenters. The Kier molecular flexibility index (Phi) is 10.3. The summed E-state index contributed by atoms with van der Waals surface area (Å²) in [5.41, 5.74) is -0.257. The number of hydrogen-bond donors (Lipinski definition) is 0. The van der Waals surface area contributed by atoms with Crippen molar-refractivity contribution in [2.45, 2.75) is 137 Å². The van der Waals surface area contributed by atoms with Crippen LogP contribution in [-0.2, 0) is 26.6 Å². The van der Waals surface area contributed by atoms with Crippen LogP contribution in [0.2, 0.25) is 16.6 Å². The molecule has 1 aliphatic heterocycles. The molecule has 0 unspecified atom stereocenters. The number of ether oxygens (including phenoxy) is 3. The minimum Gasteiger partial charge on any atom is -0.412 e. The highest BCUT2D eigenvalue weighted by atomic mass is 28.5. The topological polar surface area (TPSA) is 55.4 Å². The maximum absolute atomic E-state index is 7.18. The molecular formula is C24H54O6Si3. The maximum atomic E-state index is 7.18. The lowest BCUT2D eigenvalue weighted by molar-refractivity contribution is -0.0180. The lowest BCUT2D eigenvalue weighted by atomic mass is 10.2. The first-order valence-corrected chi connectivity index (χ1v) is 18.9. The quantitative estimate of drug-likeness (QED) is 0.315. The first-order valence-electron chi connectivity index (χ1n) is 12.6. The second-order valence-electron chi connectivity index (χ2n) is 13.4. The molecule has 1 aliphatic rings. The van der Waals surface area contributed by atoms with Crippen LogP contribution < -0.4 is 0 Å². The van der Waals surface area contributed by atoms with E-state index < -0.39 is 25.7 Å². The molecule has 0 aromatic heterocycles. The van der Waals surface area contributed by atoms with Gasteiger partial charge in [0.15, 0.2) is 0 Å². The van der Waals surface area contributed by atoms with E-state index in [9.17, 15) is 0 Å². The first kappa shape index (κ1) is 31.4. The van der Waals surface area contributed by atoms with E-state index in [-0.39, 0.29) is 33.4 Å². The third-order valence-corrected chi connectivity index (χ3v) is 21.0. The largest absolute Gasteiger partial charge is 0.412 e. The Balaban J connectivity index is 3.64. The monoisotopic (exact) mass is 522 g/mol. The molecule has 1 saturated heterocycles. The molecule has 0 amide bonds. The van der Waals surface area contributed by atoms with E-state index in [1.165, 1.54) is 0 Å². The molecule has 0 radical (unpaired) electrons. The molecule has 0 saturated carbocycles. The summed E-state index contributed by atoms with van der Waals surface area (Å²) in [4.78, 5) is 0. The van der Waals surface area contributed by atoms with Crippen LogP contribution in [0.15, 0.2) is 0 Å². The fourth-order valence-corrected chi connectivity index (χ4v) is 21.9. The molecule has 1 fully saturated rings. The van der Waals surface area contributed by atoms with E-state index in [0.29, 0.717) is 18.7 Å². The van der Waals surface area contributed by atoms with Crippen LogP contribution in [0.25, 0.3) is 0 Å². The standard InChI is InChI=1S/C24H54O6Si3/c1-19(2)31(16-25-22(7,8)9)28-32(20(3)4,17-26-23(10,11)12)30-33(29-31,21(5)6)18-27-24(13,14)15/h19-21H,16-18H2,1-15H3. The molecule has 6 nitrogen and oxygen atoms in total. The van der Waals surface area contributed by atoms with Crippen molar-refractivity contribution in [1.82, 2.24) is 0 Å². The summed E-state index contributed by atoms with van der Waals surface area (Å²) in [5.74, 6) is 0. The van der Waals surface area contributed by atoms with Crippen molar-refractivity contribution >= 4 is 25.7 Å². The molecule has 0 bridgehead atoms. The zero-order valence-corrected chi connectivity index (χ0v) is 27.3. The van der Waals surface area contributed by atoms with Gasteiger partial charge in [0.25, 0.3) is 0 Å². The van der Waals surface area contributed by atoms with Crippen molar-refractivity contribution in [2.75, 3.05) is 18.7 Å². The average molecular weight is 523 g/mol. The Morgan fingerprint density at radius 2 is 0.636 bits per heavy atom. The van der Waals surface area contributed by atoms with E-state index in [1.807, 2.05) is 0 Å². The minimum atomic E-state index is -2.84. The highest BCUT2D eigenvalue weighted by Gasteiger charge is 2.66. The molecule has 9 heteroatoms. The number of hydrogen-bond acceptors (Lipinski definition) is 6. The van der Waals surface area contributed by atoms with Crippen molar-refractivity contribution in [2.24, 2.45) is 0 Å². The lowest BCUT2D eigenvalue weighted by Gasteiger charge is -2.57. The van der Waals surface area contributed by atoms with Gasteiger partial charge >= 0.3 is 25.7 Å². The average Bonchev–Trinajstić information content (AvgIpc) is 2.61. The van der Waals surface area contributed by atoms with Gasteiger partial charge in [-0.05, 0) is 78.9 Å². The van der Waals surface area contributed by atoms with E-state index >= 15 is 0 Å². The molecular weight excluding hydrogens is 469 g/mol. The molecule has 198 valence electrons. The molecule has 1 rings (SSSR count). The van der Waals surface area contributed by atoms with E-state index in [0.717, 1.165) is 0 Å². The number of rotatable bonds is 9. The van der Waals surface area contributed by atoms with Gasteiger partial charge in [-0.2, -0.15) is 0 Å². The summed E-state index contributed by atoms with van der Waals surface area (Å²) in [6, 6.07) is 0. The fraction of sp³-hybridized carbons (Fsp3) is 1.00. The van der Waals surface area contributed by atoms with Gasteiger partial charge in [0.1, 0.15) is 0 Å². The van der Waals surface area contributed by atoms with Gasteiger partial charge < -0.3 is 26.6 Å². The second-order valence-corrected chi connectivity index (χ2v) is 25.1. The third-order valence-electron chi connectivity index (χ3n) is 5.79. The summed E-state index contributed by atoms with van der Waals surface area (Å²) in [6.45, 7) is 32.0. The fourth-order valence-electron chi connectivity index (χ4n) is 3.27. The molecule has 0 spiro atoms. The normalized spacial score (nSPS) is 30.0. The van der Waals surface area contributed by atoms with Crippen molar-refractivity contribution < 1.29 is 26.6 Å². The van der Waals surface area contributed by atoms with Crippen LogP contribution in [0, 0.1) is 0 Å². The predicted octanol–water partition coefficient (Wildman–Crippen LogP) is 6.67. The van der Waals surface area contributed by atoms with Gasteiger partial charge in [0.2, 0.25) is 0 Å². The molecule has 0 aromatic rings. The van der Waals surface area contributed by atoms with Crippen molar-refractivity contribution in [3.63, 3.8) is 0 Å². The second kappa shape index (κ2) is 10.8. The highest BCUT2D eigenvalue weighted by molar-refractivity contribution is 6.96. The Morgan fingerprint density at radius 1 is 0.455 bits per heavy atom. The predicted molar refractivity (Wildman–Crippen MR) is 143 cm³/mol. The van der Waals surface area contributed by atoms with E-state index in [1.54, 1.807) is 0 Å². The molecule has 0 N–H and O–H groups in total. The van der Waals surface area contributed by atoms with Gasteiger partial charge in [-0.25, -0.2) is 0 Å². The Hall–Kier alpha value is 0.411. The Morgan fingerprint density at radius 3 is 0.758 bits per heavy atom. The van der Waals surface area contributed by atoms with E-state index in [4.69, 9.17) is 26.6 Å². The van der Waals surface area contributed by atoms with Crippen molar-refractivity contribution in [3.8, 4) is 0 Å². The van der Waals surface area contributed by atoms with Gasteiger partial charge in [-0.3, -0.25) is 0 Å². The van der Waals surface area contributed by atoms with Crippen LogP contribution in [0.3, 0.4) is 0 Å². The molecule has 0 aromatic carbocycles. The summed E-state index contributed by atoms with van der Waals surface area (Å²) in [6.07, 6.45) is 1.43. The smallest absolute Gasteiger partial charge is 0.350 e. The van der Waals surface area contributed by atoms with Gasteiger partial charge in [-0.1, -0.05) is 41.5 Å². The van der Waals surface area contributed by atoms with Crippen molar-refractivity contribution in [3.05, 3.63) is 0 Å². The summed E-state index contributed by atoms with van der Waals surface area (Å²) >= 11 is 0. The molecule has 33 heavy (non-hydrogen) atoms. The minimum absolute atomic E-state index is 0.198. The van der Waals surface area contributed by atoms with Crippen LogP contribution in [0.4, 0.5) is 0 Å². The Labute approximate surface area is 208 Å². The summed E-state index contributed by atoms with van der Waals surface area (Å²) in [7, 11) is -8.53.